The zero-order valence-corrected chi connectivity index (χ0v) is 48.9. The molecule has 0 aliphatic carbocycles. The van der Waals surface area contributed by atoms with Crippen molar-refractivity contribution in [3.05, 3.63) is 179 Å². The van der Waals surface area contributed by atoms with Crippen LogP contribution in [0, 0.1) is 5.92 Å². The molecule has 3 atom stereocenters. The van der Waals surface area contributed by atoms with Gasteiger partial charge in [-0.15, -0.1) is 0 Å². The summed E-state index contributed by atoms with van der Waals surface area (Å²) in [6.07, 6.45) is -0.775. The van der Waals surface area contributed by atoms with Crippen molar-refractivity contribution in [2.24, 2.45) is 5.92 Å². The van der Waals surface area contributed by atoms with Crippen molar-refractivity contribution in [2.75, 3.05) is 32.7 Å². The van der Waals surface area contributed by atoms with Gasteiger partial charge in [0.05, 0.1) is 0 Å². The molecule has 1 heterocycles. The van der Waals surface area contributed by atoms with Gasteiger partial charge in [0.15, 0.2) is 0 Å². The molecule has 0 bridgehead atoms. The predicted molar refractivity (Wildman–Crippen MR) is 316 cm³/mol. The van der Waals surface area contributed by atoms with Gasteiger partial charge in [0.2, 0.25) is 23.6 Å². The summed E-state index contributed by atoms with van der Waals surface area (Å²) in [6, 6.07) is 42.4. The van der Waals surface area contributed by atoms with Crippen molar-refractivity contribution in [2.45, 2.75) is 135 Å². The SMILES string of the molecule is CC(C)C[C@@H](NC(=O)[C@@H](Cc1ccccc1)NC(=O)CN(CCc1ccccc1)C(=O)OC(C)(C)C)C(=O)N[C@H](CCCCNC(=O)OCc1ccccc1)C(=O)N1CCC(NC(=O)OCc2ccccc2)(C(=O)OCc2ccccc2)CC1. The zero-order chi connectivity index (χ0) is 60.3. The summed E-state index contributed by atoms with van der Waals surface area (Å²) in [5.41, 5.74) is 1.53. The van der Waals surface area contributed by atoms with Crippen molar-refractivity contribution >= 4 is 47.9 Å². The average Bonchev–Trinajstić information content (AvgIpc) is 3.55. The van der Waals surface area contributed by atoms with Crippen molar-refractivity contribution in [1.29, 1.82) is 0 Å². The first-order valence-electron chi connectivity index (χ1n) is 28.7. The molecule has 5 aromatic carbocycles. The highest BCUT2D eigenvalue weighted by atomic mass is 16.6. The first-order chi connectivity index (χ1) is 40.3. The molecule has 1 saturated heterocycles. The second kappa shape index (κ2) is 32.8. The van der Waals surface area contributed by atoms with Crippen LogP contribution >= 0.6 is 0 Å². The maximum Gasteiger partial charge on any atom is 0.410 e. The molecule has 19 nitrogen and oxygen atoms in total. The van der Waals surface area contributed by atoms with E-state index < -0.39 is 83.7 Å². The summed E-state index contributed by atoms with van der Waals surface area (Å²) in [4.78, 5) is 115. The normalized spacial score (nSPS) is 13.9. The molecule has 6 rings (SSSR count). The first kappa shape index (κ1) is 64.4. The number of nitrogens with zero attached hydrogens (tertiary/aromatic N) is 2. The molecule has 5 aromatic rings. The van der Waals surface area contributed by atoms with E-state index in [2.05, 4.69) is 26.6 Å². The van der Waals surface area contributed by atoms with Gasteiger partial charge in [-0.1, -0.05) is 166 Å². The van der Waals surface area contributed by atoms with Crippen LogP contribution in [0.3, 0.4) is 0 Å². The van der Waals surface area contributed by atoms with Gasteiger partial charge >= 0.3 is 24.2 Å². The van der Waals surface area contributed by atoms with Crippen molar-refractivity contribution < 1.29 is 57.3 Å². The number of unbranched alkanes of at least 4 members (excludes halogenated alkanes) is 1. The molecule has 0 spiro atoms. The molecule has 1 aliphatic rings. The Labute approximate surface area is 492 Å². The molecule has 19 heteroatoms. The number of hydrogen-bond donors (Lipinski definition) is 5. The summed E-state index contributed by atoms with van der Waals surface area (Å²) in [6.45, 7) is 8.80. The van der Waals surface area contributed by atoms with Gasteiger partial charge in [-0.05, 0) is 99.5 Å². The summed E-state index contributed by atoms with van der Waals surface area (Å²) in [5, 5.41) is 14.2. The molecule has 7 amide bonds. The molecule has 0 unspecified atom stereocenters. The summed E-state index contributed by atoms with van der Waals surface area (Å²) < 4.78 is 22.4. The lowest BCUT2D eigenvalue weighted by atomic mass is 9.87. The number of carbonyl (C=O) groups excluding carboxylic acids is 8. The van der Waals surface area contributed by atoms with Crippen LogP contribution in [0.2, 0.25) is 0 Å². The lowest BCUT2D eigenvalue weighted by Gasteiger charge is -2.41. The molecule has 448 valence electrons. The highest BCUT2D eigenvalue weighted by molar-refractivity contribution is 5.95. The van der Waals surface area contributed by atoms with Crippen LogP contribution in [0.4, 0.5) is 14.4 Å². The number of piperidine rings is 1. The largest absolute Gasteiger partial charge is 0.459 e. The standard InChI is InChI=1S/C65H81N7O12/c1-47(2)41-54(69-58(75)55(42-49-25-13-7-14-26-49)67-56(73)43-72(63(80)84-64(3,4)5)38-34-48-23-11-6-12-24-48)57(74)68-53(33-21-22-37-66-61(78)82-45-51-29-17-9-18-30-51)59(76)71-39-35-65(36-40-71,60(77)81-44-50-27-15-8-16-28-50)70-62(79)83-46-52-31-19-10-20-32-52/h6-20,23-32,47,53-55H,21-22,33-46H2,1-5H3,(H,66,78)(H,67,73)(H,68,74)(H,69,75)(H,70,79)/t53-,54-,55-/m1/s1. The fourth-order valence-electron chi connectivity index (χ4n) is 9.41. The molecular weight excluding hydrogens is 1070 g/mol. The van der Waals surface area contributed by atoms with Crippen molar-refractivity contribution in [1.82, 2.24) is 36.4 Å². The van der Waals surface area contributed by atoms with Crippen LogP contribution in [-0.4, -0.2) is 120 Å². The van der Waals surface area contributed by atoms with Gasteiger partial charge in [0, 0.05) is 32.6 Å². The molecule has 0 aromatic heterocycles. The third-order valence-corrected chi connectivity index (χ3v) is 13.9. The fraction of sp³-hybridized carbons (Fsp3) is 0.415. The van der Waals surface area contributed by atoms with Gasteiger partial charge in [-0.25, -0.2) is 19.2 Å². The minimum absolute atomic E-state index is 0.0238. The number of esters is 1. The van der Waals surface area contributed by atoms with E-state index in [1.54, 1.807) is 45.0 Å². The maximum atomic E-state index is 14.9. The maximum absolute atomic E-state index is 14.9. The minimum atomic E-state index is -1.58. The Balaban J connectivity index is 1.18. The van der Waals surface area contributed by atoms with Crippen LogP contribution in [-0.2, 0) is 75.6 Å². The van der Waals surface area contributed by atoms with Crippen molar-refractivity contribution in [3.63, 3.8) is 0 Å². The number of nitrogens with one attached hydrogen (secondary N) is 5. The third kappa shape index (κ3) is 22.2. The van der Waals surface area contributed by atoms with E-state index in [9.17, 15) is 38.4 Å². The summed E-state index contributed by atoms with van der Waals surface area (Å²) >= 11 is 0. The lowest BCUT2D eigenvalue weighted by molar-refractivity contribution is -0.157. The Morgan fingerprint density at radius 3 is 1.57 bits per heavy atom. The van der Waals surface area contributed by atoms with Gasteiger partial charge < -0.3 is 50.4 Å². The zero-order valence-electron chi connectivity index (χ0n) is 48.9. The molecular formula is C65H81N7O12. The topological polar surface area (TPSA) is 240 Å². The second-order valence-corrected chi connectivity index (χ2v) is 22.3. The third-order valence-electron chi connectivity index (χ3n) is 13.9. The van der Waals surface area contributed by atoms with E-state index in [4.69, 9.17) is 18.9 Å². The molecule has 1 aliphatic heterocycles. The van der Waals surface area contributed by atoms with Gasteiger partial charge in [0.1, 0.15) is 55.6 Å². The van der Waals surface area contributed by atoms with Gasteiger partial charge in [0.25, 0.3) is 0 Å². The number of ether oxygens (including phenoxy) is 4. The summed E-state index contributed by atoms with van der Waals surface area (Å²) in [7, 11) is 0. The molecule has 0 saturated carbocycles. The van der Waals surface area contributed by atoms with Crippen molar-refractivity contribution in [3.8, 4) is 0 Å². The number of benzene rings is 5. The van der Waals surface area contributed by atoms with Crippen LogP contribution in [0.5, 0.6) is 0 Å². The predicted octanol–water partition coefficient (Wildman–Crippen LogP) is 8.34. The number of carbonyl (C=O) groups is 8. The van der Waals surface area contributed by atoms with Crippen LogP contribution in [0.1, 0.15) is 101 Å². The van der Waals surface area contributed by atoms with Crippen LogP contribution < -0.4 is 26.6 Å². The molecule has 84 heavy (non-hydrogen) atoms. The average molecular weight is 1150 g/mol. The number of rotatable bonds is 28. The molecule has 1 fully saturated rings. The Bertz CT molecular complexity index is 2880. The minimum Gasteiger partial charge on any atom is -0.459 e. The van der Waals surface area contributed by atoms with E-state index in [1.807, 2.05) is 141 Å². The Morgan fingerprint density at radius 1 is 0.571 bits per heavy atom. The Hall–Kier alpha value is -8.74. The number of hydrogen-bond acceptors (Lipinski definition) is 12. The quantitative estimate of drug-likeness (QED) is 0.0180. The van der Waals surface area contributed by atoms with Crippen LogP contribution in [0.25, 0.3) is 0 Å². The number of likely N-dealkylation sites (tertiary alicyclic amines) is 1. The lowest BCUT2D eigenvalue weighted by Crippen LogP contribution is -2.63. The Morgan fingerprint density at radius 2 is 1.05 bits per heavy atom. The summed E-state index contributed by atoms with van der Waals surface area (Å²) in [5.74, 6) is -3.27. The van der Waals surface area contributed by atoms with Crippen LogP contribution in [0.15, 0.2) is 152 Å². The number of alkyl carbamates (subject to hydrolysis) is 2. The fourth-order valence-corrected chi connectivity index (χ4v) is 9.41. The Kier molecular flexibility index (Phi) is 25.1. The van der Waals surface area contributed by atoms with Gasteiger partial charge in [-0.3, -0.25) is 24.1 Å². The van der Waals surface area contributed by atoms with E-state index >= 15 is 0 Å². The van der Waals surface area contributed by atoms with Gasteiger partial charge in [-0.2, -0.15) is 0 Å². The highest BCUT2D eigenvalue weighted by Gasteiger charge is 2.46. The smallest absolute Gasteiger partial charge is 0.410 e. The first-order valence-corrected chi connectivity index (χ1v) is 28.7. The monoisotopic (exact) mass is 1150 g/mol. The molecule has 0 radical (unpaired) electrons. The molecule has 5 N–H and O–H groups in total. The van der Waals surface area contributed by atoms with E-state index in [0.717, 1.165) is 27.8 Å². The van der Waals surface area contributed by atoms with E-state index in [0.29, 0.717) is 19.3 Å². The second-order valence-electron chi connectivity index (χ2n) is 22.3. The highest BCUT2D eigenvalue weighted by Crippen LogP contribution is 2.27. The number of amides is 7. The van der Waals surface area contributed by atoms with E-state index in [1.165, 1.54) is 9.80 Å². The van der Waals surface area contributed by atoms with E-state index in [-0.39, 0.29) is 84.0 Å².